The van der Waals surface area contributed by atoms with Crippen molar-refractivity contribution in [3.05, 3.63) is 71.6 Å². The Kier molecular flexibility index (Phi) is 6.95. The Morgan fingerprint density at radius 1 is 1.20 bits per heavy atom. The fraction of sp³-hybridized carbons (Fsp3) is 0.400. The standard InChI is InChI=1S/C25H31N3O2/c1-28-15-13-21(14-16-28)30-24(25-26-22-11-4-5-12-23(22)27-25)20-10-7-9-19(18-20)8-3-2-6-17-29/h3-5,7-12,18,21,24,29H,2,6,13-17H2,1H3,(H,26,27)/b8-3+. The summed E-state index contributed by atoms with van der Waals surface area (Å²) >= 11 is 0. The highest BCUT2D eigenvalue weighted by atomic mass is 16.5. The van der Waals surface area contributed by atoms with Gasteiger partial charge in [-0.3, -0.25) is 0 Å². The molecule has 1 saturated heterocycles. The van der Waals surface area contributed by atoms with Crippen molar-refractivity contribution in [3.63, 3.8) is 0 Å². The number of piperidine rings is 1. The molecule has 0 amide bonds. The van der Waals surface area contributed by atoms with Crippen LogP contribution in [0.2, 0.25) is 0 Å². The van der Waals surface area contributed by atoms with Gasteiger partial charge in [0.05, 0.1) is 17.1 Å². The number of imidazole rings is 1. The molecule has 0 aliphatic carbocycles. The van der Waals surface area contributed by atoms with Crippen LogP contribution in [0.25, 0.3) is 17.1 Å². The minimum atomic E-state index is -0.225. The fourth-order valence-electron chi connectivity index (χ4n) is 3.97. The first-order valence-corrected chi connectivity index (χ1v) is 10.9. The lowest BCUT2D eigenvalue weighted by molar-refractivity contribution is -0.0264. The van der Waals surface area contributed by atoms with Crippen LogP contribution in [-0.2, 0) is 4.74 Å². The summed E-state index contributed by atoms with van der Waals surface area (Å²) in [5, 5.41) is 8.97. The second kappa shape index (κ2) is 10.0. The molecular formula is C25H31N3O2. The monoisotopic (exact) mass is 405 g/mol. The molecule has 1 aliphatic rings. The predicted molar refractivity (Wildman–Crippen MR) is 121 cm³/mol. The molecule has 0 saturated carbocycles. The van der Waals surface area contributed by atoms with Crippen LogP contribution in [0.1, 0.15) is 48.7 Å². The molecule has 30 heavy (non-hydrogen) atoms. The second-order valence-corrected chi connectivity index (χ2v) is 8.10. The van der Waals surface area contributed by atoms with Gasteiger partial charge in [0.1, 0.15) is 11.9 Å². The summed E-state index contributed by atoms with van der Waals surface area (Å²) in [4.78, 5) is 10.7. The van der Waals surface area contributed by atoms with Crippen molar-refractivity contribution in [1.82, 2.24) is 14.9 Å². The third-order valence-electron chi connectivity index (χ3n) is 5.70. The number of para-hydroxylation sites is 2. The number of rotatable bonds is 8. The fourth-order valence-corrected chi connectivity index (χ4v) is 3.97. The number of unbranched alkanes of at least 4 members (excludes halogenated alkanes) is 1. The van der Waals surface area contributed by atoms with Crippen LogP contribution in [0.5, 0.6) is 0 Å². The lowest BCUT2D eigenvalue weighted by Crippen LogP contribution is -2.35. The molecule has 1 atom stereocenters. The Labute approximate surface area is 178 Å². The average Bonchev–Trinajstić information content (AvgIpc) is 3.20. The number of ether oxygens (including phenoxy) is 1. The van der Waals surface area contributed by atoms with Crippen LogP contribution in [0.3, 0.4) is 0 Å². The highest BCUT2D eigenvalue weighted by molar-refractivity contribution is 5.75. The van der Waals surface area contributed by atoms with Crippen LogP contribution in [0.15, 0.2) is 54.6 Å². The summed E-state index contributed by atoms with van der Waals surface area (Å²) < 4.78 is 6.66. The molecule has 5 heteroatoms. The van der Waals surface area contributed by atoms with Crippen molar-refractivity contribution in [2.24, 2.45) is 0 Å². The number of H-pyrrole nitrogens is 1. The van der Waals surface area contributed by atoms with Crippen molar-refractivity contribution in [1.29, 1.82) is 0 Å². The number of aliphatic hydroxyl groups is 1. The molecule has 2 aromatic carbocycles. The number of fused-ring (bicyclic) bond motifs is 1. The number of aliphatic hydroxyl groups excluding tert-OH is 1. The summed E-state index contributed by atoms with van der Waals surface area (Å²) in [6.07, 6.45) is 7.96. The minimum Gasteiger partial charge on any atom is -0.396 e. The minimum absolute atomic E-state index is 0.225. The highest BCUT2D eigenvalue weighted by Crippen LogP contribution is 2.30. The summed E-state index contributed by atoms with van der Waals surface area (Å²) in [5.41, 5.74) is 4.24. The molecule has 2 N–H and O–H groups in total. The van der Waals surface area contributed by atoms with E-state index in [1.54, 1.807) is 0 Å². The molecular weight excluding hydrogens is 374 g/mol. The van der Waals surface area contributed by atoms with Crippen molar-refractivity contribution in [3.8, 4) is 0 Å². The zero-order chi connectivity index (χ0) is 20.8. The molecule has 1 fully saturated rings. The maximum absolute atomic E-state index is 8.97. The Morgan fingerprint density at radius 2 is 2.03 bits per heavy atom. The molecule has 0 bridgehead atoms. The topological polar surface area (TPSA) is 61.4 Å². The maximum Gasteiger partial charge on any atom is 0.141 e. The van der Waals surface area contributed by atoms with E-state index in [2.05, 4.69) is 59.4 Å². The van der Waals surface area contributed by atoms with E-state index in [1.165, 1.54) is 0 Å². The number of likely N-dealkylation sites (tertiary alicyclic amines) is 1. The van der Waals surface area contributed by atoms with E-state index in [0.717, 1.165) is 66.8 Å². The van der Waals surface area contributed by atoms with Crippen LogP contribution >= 0.6 is 0 Å². The SMILES string of the molecule is CN1CCC(OC(c2cccc(/C=C/CCCO)c2)c2nc3ccccc3[nH]2)CC1. The van der Waals surface area contributed by atoms with Gasteiger partial charge in [-0.1, -0.05) is 42.5 Å². The van der Waals surface area contributed by atoms with Gasteiger partial charge in [-0.15, -0.1) is 0 Å². The zero-order valence-electron chi connectivity index (χ0n) is 17.6. The van der Waals surface area contributed by atoms with Crippen LogP contribution in [0, 0.1) is 0 Å². The first-order chi connectivity index (χ1) is 14.7. The Balaban J connectivity index is 1.62. The average molecular weight is 406 g/mol. The Bertz CT molecular complexity index is 940. The lowest BCUT2D eigenvalue weighted by Gasteiger charge is -2.31. The molecule has 0 spiro atoms. The predicted octanol–water partition coefficient (Wildman–Crippen LogP) is 4.55. The number of aromatic nitrogens is 2. The second-order valence-electron chi connectivity index (χ2n) is 8.10. The van der Waals surface area contributed by atoms with E-state index >= 15 is 0 Å². The molecule has 5 nitrogen and oxygen atoms in total. The molecule has 158 valence electrons. The Hall–Kier alpha value is -2.47. The van der Waals surface area contributed by atoms with Gasteiger partial charge >= 0.3 is 0 Å². The molecule has 1 aromatic heterocycles. The van der Waals surface area contributed by atoms with Crippen molar-refractivity contribution in [2.45, 2.75) is 37.9 Å². The number of benzene rings is 2. The first kappa shape index (κ1) is 20.8. The smallest absolute Gasteiger partial charge is 0.141 e. The molecule has 2 heterocycles. The van der Waals surface area contributed by atoms with E-state index in [0.29, 0.717) is 0 Å². The van der Waals surface area contributed by atoms with E-state index in [9.17, 15) is 0 Å². The number of nitrogens with one attached hydrogen (secondary N) is 1. The lowest BCUT2D eigenvalue weighted by atomic mass is 10.0. The van der Waals surface area contributed by atoms with E-state index < -0.39 is 0 Å². The molecule has 0 radical (unpaired) electrons. The quantitative estimate of drug-likeness (QED) is 0.540. The van der Waals surface area contributed by atoms with Gasteiger partial charge in [0.2, 0.25) is 0 Å². The number of aromatic amines is 1. The van der Waals surface area contributed by atoms with Crippen molar-refractivity contribution >= 4 is 17.1 Å². The van der Waals surface area contributed by atoms with Crippen LogP contribution in [0.4, 0.5) is 0 Å². The number of nitrogens with zero attached hydrogens (tertiary/aromatic N) is 2. The summed E-state index contributed by atoms with van der Waals surface area (Å²) in [5.74, 6) is 0.858. The normalized spacial score (nSPS) is 17.1. The van der Waals surface area contributed by atoms with Crippen LogP contribution in [-0.4, -0.2) is 52.8 Å². The Morgan fingerprint density at radius 3 is 2.83 bits per heavy atom. The molecule has 4 rings (SSSR count). The van der Waals surface area contributed by atoms with Crippen molar-refractivity contribution in [2.75, 3.05) is 26.7 Å². The summed E-state index contributed by atoms with van der Waals surface area (Å²) in [6.45, 7) is 2.35. The summed E-state index contributed by atoms with van der Waals surface area (Å²) in [7, 11) is 2.17. The third kappa shape index (κ3) is 5.17. The van der Waals surface area contributed by atoms with E-state index in [1.807, 2.05) is 18.2 Å². The number of hydrogen-bond donors (Lipinski definition) is 2. The maximum atomic E-state index is 8.97. The van der Waals surface area contributed by atoms with Gasteiger partial charge in [0, 0.05) is 19.7 Å². The molecule has 3 aromatic rings. The highest BCUT2D eigenvalue weighted by Gasteiger charge is 2.26. The van der Waals surface area contributed by atoms with Gasteiger partial charge in [0.15, 0.2) is 0 Å². The van der Waals surface area contributed by atoms with Gasteiger partial charge in [-0.25, -0.2) is 4.98 Å². The zero-order valence-corrected chi connectivity index (χ0v) is 17.6. The number of hydrogen-bond acceptors (Lipinski definition) is 4. The van der Waals surface area contributed by atoms with Crippen LogP contribution < -0.4 is 0 Å². The number of allylic oxidation sites excluding steroid dienone is 1. The van der Waals surface area contributed by atoms with Gasteiger partial charge in [-0.2, -0.15) is 0 Å². The van der Waals surface area contributed by atoms with E-state index in [-0.39, 0.29) is 18.8 Å². The summed E-state index contributed by atoms with van der Waals surface area (Å²) in [6, 6.07) is 16.6. The van der Waals surface area contributed by atoms with Gasteiger partial charge in [-0.05, 0) is 62.1 Å². The largest absolute Gasteiger partial charge is 0.396 e. The molecule has 1 unspecified atom stereocenters. The first-order valence-electron chi connectivity index (χ1n) is 10.9. The third-order valence-corrected chi connectivity index (χ3v) is 5.70. The van der Waals surface area contributed by atoms with Gasteiger partial charge in [0.25, 0.3) is 0 Å². The van der Waals surface area contributed by atoms with Crippen molar-refractivity contribution < 1.29 is 9.84 Å². The van der Waals surface area contributed by atoms with Gasteiger partial charge < -0.3 is 19.7 Å². The molecule has 1 aliphatic heterocycles. The van der Waals surface area contributed by atoms with E-state index in [4.69, 9.17) is 14.8 Å².